The van der Waals surface area contributed by atoms with Gasteiger partial charge in [0, 0.05) is 0 Å². The fraction of sp³-hybridized carbons (Fsp3) is 0.760. The number of benzene rings is 1. The molecule has 0 fully saturated rings. The maximum atomic E-state index is 13.0. The molecule has 0 saturated carbocycles. The second kappa shape index (κ2) is 38.7. The van der Waals surface area contributed by atoms with Gasteiger partial charge in [0.15, 0.2) is 0 Å². The number of unbranched alkanes of at least 4 members (excludes halogenated alkanes) is 30. The lowest BCUT2D eigenvalue weighted by molar-refractivity contribution is 0.0464. The summed E-state index contributed by atoms with van der Waals surface area (Å²) in [6.45, 7) is 4.76. The van der Waals surface area contributed by atoms with Crippen LogP contribution in [0.3, 0.4) is 0 Å². The molecule has 0 radical (unpaired) electrons. The van der Waals surface area contributed by atoms with E-state index in [4.69, 9.17) is 9.47 Å². The van der Waals surface area contributed by atoms with Gasteiger partial charge in [-0.3, -0.25) is 4.55 Å². The Morgan fingerprint density at radius 3 is 1.07 bits per heavy atom. The molecule has 0 bridgehead atoms. The number of hydrogen-bond donors (Lipinski definition) is 1. The molecule has 58 heavy (non-hydrogen) atoms. The Morgan fingerprint density at radius 1 is 0.448 bits per heavy atom. The normalized spacial score (nSPS) is 11.9. The van der Waals surface area contributed by atoms with Crippen molar-refractivity contribution >= 4 is 22.1 Å². The van der Waals surface area contributed by atoms with Crippen LogP contribution < -0.4 is 0 Å². The Balaban J connectivity index is 2.20. The van der Waals surface area contributed by atoms with E-state index in [1.165, 1.54) is 186 Å². The number of ether oxygens (including phenoxy) is 2. The van der Waals surface area contributed by atoms with E-state index >= 15 is 0 Å². The molecule has 0 aromatic heterocycles. The number of allylic oxidation sites excluding steroid dienone is 2. The van der Waals surface area contributed by atoms with Gasteiger partial charge in [-0.15, -0.1) is 0 Å². The zero-order chi connectivity index (χ0) is 42.2. The summed E-state index contributed by atoms with van der Waals surface area (Å²) in [4.78, 5) is 25.4. The minimum absolute atomic E-state index is 0.0862. The van der Waals surface area contributed by atoms with Gasteiger partial charge < -0.3 is 9.47 Å². The third-order valence-electron chi connectivity index (χ3n) is 11.0. The van der Waals surface area contributed by atoms with Crippen LogP contribution in [0.15, 0.2) is 47.4 Å². The molecule has 0 spiro atoms. The first-order valence-electron chi connectivity index (χ1n) is 24.1. The molecule has 7 nitrogen and oxygen atoms in total. The highest BCUT2D eigenvalue weighted by Crippen LogP contribution is 2.20. The third kappa shape index (κ3) is 31.5. The standard InChI is InChI=1S/C50H86O7S/c1-3-5-7-9-11-13-15-17-19-21-23-25-27-29-31-33-35-37-39-43-56-49(51)47-42-41-46(58(53,54)55)45-48(47)50(52)57-44-40-38-36-34-32-30-28-26-24-22-20-18-16-14-12-10-8-6-4-2/h35-38,41-42,45H,3-34,39-40,43-44H2,1-2H3,(H,53,54,55)/b37-35+,38-36+. The van der Waals surface area contributed by atoms with Crippen LogP contribution in [-0.2, 0) is 19.6 Å². The zero-order valence-electron chi connectivity index (χ0n) is 37.3. The number of rotatable bonds is 41. The molecule has 1 rings (SSSR count). The van der Waals surface area contributed by atoms with Crippen LogP contribution in [-0.4, -0.2) is 38.1 Å². The Hall–Kier alpha value is -2.45. The summed E-state index contributed by atoms with van der Waals surface area (Å²) in [5, 5.41) is 0. The van der Waals surface area contributed by atoms with E-state index in [1.54, 1.807) is 0 Å². The molecule has 0 heterocycles. The van der Waals surface area contributed by atoms with Gasteiger partial charge in [0.2, 0.25) is 0 Å². The molecule has 0 unspecified atom stereocenters. The lowest BCUT2D eigenvalue weighted by Crippen LogP contribution is -2.16. The fourth-order valence-electron chi connectivity index (χ4n) is 7.36. The molecule has 1 N–H and O–H groups in total. The first-order chi connectivity index (χ1) is 28.3. The van der Waals surface area contributed by atoms with Crippen molar-refractivity contribution in [2.24, 2.45) is 0 Å². The van der Waals surface area contributed by atoms with Crippen LogP contribution in [0.25, 0.3) is 0 Å². The number of carbonyl (C=O) groups is 2. The van der Waals surface area contributed by atoms with Crippen molar-refractivity contribution in [1.29, 1.82) is 0 Å². The van der Waals surface area contributed by atoms with Gasteiger partial charge in [0.05, 0.1) is 29.2 Å². The minimum Gasteiger partial charge on any atom is -0.462 e. The van der Waals surface area contributed by atoms with E-state index in [2.05, 4.69) is 26.0 Å². The zero-order valence-corrected chi connectivity index (χ0v) is 38.1. The average molecular weight is 831 g/mol. The highest BCUT2D eigenvalue weighted by molar-refractivity contribution is 7.85. The average Bonchev–Trinajstić information content (AvgIpc) is 3.21. The summed E-state index contributed by atoms with van der Waals surface area (Å²) >= 11 is 0. The number of esters is 2. The van der Waals surface area contributed by atoms with Crippen molar-refractivity contribution in [2.45, 2.75) is 237 Å². The Labute approximate surface area is 356 Å². The maximum absolute atomic E-state index is 13.0. The second-order valence-electron chi connectivity index (χ2n) is 16.5. The molecule has 0 amide bonds. The van der Waals surface area contributed by atoms with Gasteiger partial charge in [-0.25, -0.2) is 9.59 Å². The van der Waals surface area contributed by atoms with Gasteiger partial charge in [0.25, 0.3) is 10.1 Å². The van der Waals surface area contributed by atoms with E-state index in [1.807, 2.05) is 12.2 Å². The fourth-order valence-corrected chi connectivity index (χ4v) is 7.87. The second-order valence-corrected chi connectivity index (χ2v) is 17.9. The monoisotopic (exact) mass is 831 g/mol. The summed E-state index contributed by atoms with van der Waals surface area (Å²) in [5.74, 6) is -1.58. The van der Waals surface area contributed by atoms with Gasteiger partial charge in [-0.2, -0.15) is 8.42 Å². The van der Waals surface area contributed by atoms with Crippen molar-refractivity contribution < 1.29 is 32.0 Å². The van der Waals surface area contributed by atoms with E-state index in [0.29, 0.717) is 12.8 Å². The first kappa shape index (κ1) is 53.6. The van der Waals surface area contributed by atoms with Crippen LogP contribution >= 0.6 is 0 Å². The van der Waals surface area contributed by atoms with Crippen molar-refractivity contribution in [3.63, 3.8) is 0 Å². The minimum atomic E-state index is -4.58. The smallest absolute Gasteiger partial charge is 0.339 e. The van der Waals surface area contributed by atoms with E-state index in [-0.39, 0.29) is 24.3 Å². The molecule has 8 heteroatoms. The molecule has 0 saturated heterocycles. The van der Waals surface area contributed by atoms with Gasteiger partial charge in [-0.05, 0) is 56.7 Å². The van der Waals surface area contributed by atoms with Crippen molar-refractivity contribution in [3.8, 4) is 0 Å². The van der Waals surface area contributed by atoms with Crippen LogP contribution in [0.5, 0.6) is 0 Å². The molecule has 0 aliphatic rings. The molecule has 0 atom stereocenters. The van der Waals surface area contributed by atoms with Crippen molar-refractivity contribution in [2.75, 3.05) is 13.2 Å². The Morgan fingerprint density at radius 2 is 0.741 bits per heavy atom. The largest absolute Gasteiger partial charge is 0.462 e. The van der Waals surface area contributed by atoms with Crippen LogP contribution in [0.1, 0.15) is 253 Å². The van der Waals surface area contributed by atoms with Gasteiger partial charge in [0.1, 0.15) is 0 Å². The number of carbonyl (C=O) groups excluding carboxylic acids is 2. The summed E-state index contributed by atoms with van der Waals surface area (Å²) in [6.07, 6.45) is 51.5. The van der Waals surface area contributed by atoms with Crippen molar-refractivity contribution in [1.82, 2.24) is 0 Å². The SMILES string of the molecule is CCCCCCCCCCCCCCCCC/C=C/CCOC(=O)c1ccc(S(=O)(=O)O)cc1C(=O)OCC/C=C/CCCCCCCCCCCCCCCCC. The van der Waals surface area contributed by atoms with Crippen molar-refractivity contribution in [3.05, 3.63) is 53.6 Å². The summed E-state index contributed by atoms with van der Waals surface area (Å²) in [7, 11) is -4.58. The highest BCUT2D eigenvalue weighted by atomic mass is 32.2. The van der Waals surface area contributed by atoms with Gasteiger partial charge in [-0.1, -0.05) is 218 Å². The Bertz CT molecular complexity index is 1300. The summed E-state index contributed by atoms with van der Waals surface area (Å²) in [6, 6.07) is 3.24. The number of hydrogen-bond acceptors (Lipinski definition) is 6. The first-order valence-corrected chi connectivity index (χ1v) is 25.5. The van der Waals surface area contributed by atoms with E-state index in [9.17, 15) is 22.6 Å². The quantitative estimate of drug-likeness (QED) is 0.0303. The predicted molar refractivity (Wildman–Crippen MR) is 243 cm³/mol. The van der Waals surface area contributed by atoms with Crippen LogP contribution in [0, 0.1) is 0 Å². The summed E-state index contributed by atoms with van der Waals surface area (Å²) in [5.41, 5.74) is -0.339. The van der Waals surface area contributed by atoms with Gasteiger partial charge >= 0.3 is 11.9 Å². The lowest BCUT2D eigenvalue weighted by Gasteiger charge is -2.10. The van der Waals surface area contributed by atoms with E-state index < -0.39 is 27.0 Å². The molecular formula is C50H86O7S. The predicted octanol–water partition coefficient (Wildman–Crippen LogP) is 15.7. The third-order valence-corrected chi connectivity index (χ3v) is 11.9. The molecule has 1 aromatic carbocycles. The molecule has 1 aromatic rings. The highest BCUT2D eigenvalue weighted by Gasteiger charge is 2.23. The summed E-state index contributed by atoms with van der Waals surface area (Å²) < 4.78 is 43.9. The van der Waals surface area contributed by atoms with Crippen LogP contribution in [0.4, 0.5) is 0 Å². The van der Waals surface area contributed by atoms with E-state index in [0.717, 1.165) is 37.8 Å². The molecule has 0 aliphatic heterocycles. The Kier molecular flexibility index (Phi) is 35.8. The maximum Gasteiger partial charge on any atom is 0.339 e. The topological polar surface area (TPSA) is 107 Å². The molecule has 0 aliphatic carbocycles. The molecular weight excluding hydrogens is 745 g/mol. The lowest BCUT2D eigenvalue weighted by atomic mass is 10.0. The molecule has 334 valence electrons. The van der Waals surface area contributed by atoms with Crippen LogP contribution in [0.2, 0.25) is 0 Å².